The Hall–Kier alpha value is -0.900. The van der Waals surface area contributed by atoms with E-state index in [4.69, 9.17) is 4.84 Å². The van der Waals surface area contributed by atoms with Crippen LogP contribution >= 0.6 is 0 Å². The molecule has 0 radical (unpaired) electrons. The molecular weight excluding hydrogens is 132 g/mol. The maximum atomic E-state index is 10.9. The van der Waals surface area contributed by atoms with E-state index in [0.29, 0.717) is 12.3 Å². The van der Waals surface area contributed by atoms with Crippen molar-refractivity contribution in [2.45, 2.75) is 0 Å². The molecule has 0 aromatic carbocycles. The summed E-state index contributed by atoms with van der Waals surface area (Å²) in [4.78, 5) is 19.6. The van der Waals surface area contributed by atoms with Gasteiger partial charge in [0, 0.05) is 7.05 Å². The van der Waals surface area contributed by atoms with Crippen molar-refractivity contribution in [2.75, 3.05) is 27.7 Å². The summed E-state index contributed by atoms with van der Waals surface area (Å²) in [5.74, 6) is -0.299. The first kappa shape index (κ1) is 7.21. The molecular formula is C6H11N2O2+. The predicted molar refractivity (Wildman–Crippen MR) is 36.4 cm³/mol. The zero-order valence-electron chi connectivity index (χ0n) is 6.42. The van der Waals surface area contributed by atoms with Crippen molar-refractivity contribution in [1.29, 1.82) is 0 Å². The van der Waals surface area contributed by atoms with Gasteiger partial charge in [0.25, 0.3) is 0 Å². The van der Waals surface area contributed by atoms with Crippen LogP contribution in [0.15, 0.2) is 4.99 Å². The number of hydrogen-bond donors (Lipinski definition) is 0. The Balaban J connectivity index is 2.81. The lowest BCUT2D eigenvalue weighted by molar-refractivity contribution is -1.05. The van der Waals surface area contributed by atoms with Gasteiger partial charge in [0.15, 0.2) is 12.3 Å². The van der Waals surface area contributed by atoms with Crippen molar-refractivity contribution in [3.63, 3.8) is 0 Å². The maximum Gasteiger partial charge on any atom is 0.416 e. The standard InChI is InChI=1S/C6H11N2O2/c1-7-5-4-8(2,3)10-6(5)9/h4H2,1-3H3/q+1. The zero-order chi connectivity index (χ0) is 7.78. The third kappa shape index (κ3) is 1.16. The molecule has 0 aromatic rings. The van der Waals surface area contributed by atoms with Crippen molar-refractivity contribution in [2.24, 2.45) is 4.99 Å². The zero-order valence-corrected chi connectivity index (χ0v) is 6.42. The summed E-state index contributed by atoms with van der Waals surface area (Å²) in [5.41, 5.74) is 0.519. The van der Waals surface area contributed by atoms with Crippen LogP contribution in [0.5, 0.6) is 0 Å². The van der Waals surface area contributed by atoms with Crippen LogP contribution in [0.3, 0.4) is 0 Å². The molecule has 4 nitrogen and oxygen atoms in total. The van der Waals surface area contributed by atoms with E-state index < -0.39 is 0 Å². The Morgan fingerprint density at radius 3 is 2.40 bits per heavy atom. The molecule has 1 rings (SSSR count). The number of carbonyl (C=O) groups is 1. The lowest BCUT2D eigenvalue weighted by atomic mass is 10.4. The number of nitrogens with zero attached hydrogens (tertiary/aromatic N) is 2. The van der Waals surface area contributed by atoms with Crippen LogP contribution in [0.1, 0.15) is 0 Å². The van der Waals surface area contributed by atoms with Gasteiger partial charge in [-0.2, -0.15) is 0 Å². The van der Waals surface area contributed by atoms with Gasteiger partial charge in [-0.1, -0.05) is 0 Å². The normalized spacial score (nSPS) is 27.1. The molecule has 4 heteroatoms. The molecule has 0 N–H and O–H groups in total. The predicted octanol–water partition coefficient (Wildman–Crippen LogP) is -0.395. The van der Waals surface area contributed by atoms with Crippen LogP contribution in [0.4, 0.5) is 0 Å². The van der Waals surface area contributed by atoms with E-state index in [2.05, 4.69) is 4.99 Å². The van der Waals surface area contributed by atoms with Crippen molar-refractivity contribution in [1.82, 2.24) is 0 Å². The molecule has 10 heavy (non-hydrogen) atoms. The van der Waals surface area contributed by atoms with Gasteiger partial charge in [-0.15, -0.1) is 4.65 Å². The number of hydrogen-bond acceptors (Lipinski definition) is 3. The average molecular weight is 143 g/mol. The Morgan fingerprint density at radius 1 is 1.60 bits per heavy atom. The molecule has 1 heterocycles. The van der Waals surface area contributed by atoms with Crippen LogP contribution in [-0.2, 0) is 9.63 Å². The second-order valence-corrected chi connectivity index (χ2v) is 2.78. The van der Waals surface area contributed by atoms with Crippen LogP contribution in [0.2, 0.25) is 0 Å². The molecule has 1 aliphatic rings. The fourth-order valence-corrected chi connectivity index (χ4v) is 0.897. The molecule has 0 atom stereocenters. The van der Waals surface area contributed by atoms with Crippen molar-refractivity contribution in [3.8, 4) is 0 Å². The van der Waals surface area contributed by atoms with Gasteiger partial charge in [-0.25, -0.2) is 4.79 Å². The number of quaternary nitrogens is 1. The van der Waals surface area contributed by atoms with Crippen molar-refractivity contribution in [3.05, 3.63) is 0 Å². The molecule has 0 unspecified atom stereocenters. The van der Waals surface area contributed by atoms with E-state index in [9.17, 15) is 4.79 Å². The fraction of sp³-hybridized carbons (Fsp3) is 0.667. The van der Waals surface area contributed by atoms with Crippen LogP contribution in [-0.4, -0.2) is 44.0 Å². The summed E-state index contributed by atoms with van der Waals surface area (Å²) in [6, 6.07) is 0. The van der Waals surface area contributed by atoms with Gasteiger partial charge in [0.2, 0.25) is 0 Å². The minimum atomic E-state index is -0.299. The van der Waals surface area contributed by atoms with E-state index in [1.54, 1.807) is 7.05 Å². The molecule has 0 bridgehead atoms. The summed E-state index contributed by atoms with van der Waals surface area (Å²) in [5, 5.41) is 0. The average Bonchev–Trinajstić information content (AvgIpc) is 2.05. The molecule has 0 amide bonds. The number of rotatable bonds is 0. The molecule has 1 aliphatic heterocycles. The first-order chi connectivity index (χ1) is 4.55. The molecule has 0 spiro atoms. The Labute approximate surface area is 59.7 Å². The first-order valence-corrected chi connectivity index (χ1v) is 3.08. The largest absolute Gasteiger partial charge is 0.416 e. The SMILES string of the molecule is CN=C1C[N+](C)(C)OC1=O. The van der Waals surface area contributed by atoms with Crippen molar-refractivity contribution < 1.29 is 14.3 Å². The molecule has 1 saturated heterocycles. The minimum absolute atomic E-state index is 0.255. The molecule has 0 aromatic heterocycles. The van der Waals surface area contributed by atoms with Crippen LogP contribution in [0.25, 0.3) is 0 Å². The topological polar surface area (TPSA) is 38.7 Å². The van der Waals surface area contributed by atoms with E-state index in [0.717, 1.165) is 0 Å². The van der Waals surface area contributed by atoms with Gasteiger partial charge >= 0.3 is 5.97 Å². The van der Waals surface area contributed by atoms with Crippen LogP contribution in [0, 0.1) is 0 Å². The highest BCUT2D eigenvalue weighted by Gasteiger charge is 2.37. The molecule has 56 valence electrons. The molecule has 1 fully saturated rings. The summed E-state index contributed by atoms with van der Waals surface area (Å²) >= 11 is 0. The van der Waals surface area contributed by atoms with E-state index in [1.807, 2.05) is 14.1 Å². The minimum Gasteiger partial charge on any atom is -0.280 e. The van der Waals surface area contributed by atoms with Gasteiger partial charge < -0.3 is 0 Å². The quantitative estimate of drug-likeness (QED) is 0.433. The van der Waals surface area contributed by atoms with Gasteiger partial charge in [-0.3, -0.25) is 9.83 Å². The third-order valence-corrected chi connectivity index (χ3v) is 1.37. The Kier molecular flexibility index (Phi) is 1.48. The number of carbonyl (C=O) groups excluding carboxylic acids is 1. The summed E-state index contributed by atoms with van der Waals surface area (Å²) in [6.45, 7) is 0.565. The van der Waals surface area contributed by atoms with E-state index >= 15 is 0 Å². The van der Waals surface area contributed by atoms with Crippen molar-refractivity contribution >= 4 is 11.7 Å². The monoisotopic (exact) mass is 143 g/mol. The van der Waals surface area contributed by atoms with Gasteiger partial charge in [0.1, 0.15) is 14.1 Å². The van der Waals surface area contributed by atoms with Gasteiger partial charge in [0.05, 0.1) is 0 Å². The van der Waals surface area contributed by atoms with Crippen LogP contribution < -0.4 is 0 Å². The summed E-state index contributed by atoms with van der Waals surface area (Å²) in [7, 11) is 5.23. The third-order valence-electron chi connectivity index (χ3n) is 1.37. The number of hydroxylamine groups is 3. The van der Waals surface area contributed by atoms with E-state index in [-0.39, 0.29) is 10.6 Å². The lowest BCUT2D eigenvalue weighted by Crippen LogP contribution is -2.35. The second-order valence-electron chi connectivity index (χ2n) is 2.78. The molecule has 0 aliphatic carbocycles. The number of aliphatic imine (C=N–C) groups is 1. The molecule has 0 saturated carbocycles. The maximum absolute atomic E-state index is 10.9. The van der Waals surface area contributed by atoms with Gasteiger partial charge in [-0.05, 0) is 0 Å². The van der Waals surface area contributed by atoms with E-state index in [1.165, 1.54) is 0 Å². The summed E-state index contributed by atoms with van der Waals surface area (Å²) in [6.07, 6.45) is 0. The highest BCUT2D eigenvalue weighted by molar-refractivity contribution is 6.37. The Morgan fingerprint density at radius 2 is 2.20 bits per heavy atom. The highest BCUT2D eigenvalue weighted by atomic mass is 16.8. The highest BCUT2D eigenvalue weighted by Crippen LogP contribution is 2.09. The smallest absolute Gasteiger partial charge is 0.280 e. The fourth-order valence-electron chi connectivity index (χ4n) is 0.897. The lowest BCUT2D eigenvalue weighted by Gasteiger charge is -2.15. The first-order valence-electron chi connectivity index (χ1n) is 3.08. The Bertz CT molecular complexity index is 196. The summed E-state index contributed by atoms with van der Waals surface area (Å²) < 4.78 is 0.255. The second kappa shape index (κ2) is 2.05.